The van der Waals surface area contributed by atoms with Crippen LogP contribution in [-0.2, 0) is 15.8 Å². The largest absolute Gasteiger partial charge is 0.274 e. The van der Waals surface area contributed by atoms with Gasteiger partial charge in [0.1, 0.15) is 11.0 Å². The summed E-state index contributed by atoms with van der Waals surface area (Å²) in [4.78, 5) is 12.0. The molecule has 0 aliphatic carbocycles. The Hall–Kier alpha value is -1.16. The lowest BCUT2D eigenvalue weighted by Gasteiger charge is -2.30. The molecule has 1 saturated heterocycles. The van der Waals surface area contributed by atoms with Crippen molar-refractivity contribution in [1.82, 2.24) is 4.31 Å². The lowest BCUT2D eigenvalue weighted by atomic mass is 10.1. The van der Waals surface area contributed by atoms with Gasteiger partial charge in [0, 0.05) is 12.0 Å². The zero-order valence-corrected chi connectivity index (χ0v) is 11.1. The second kappa shape index (κ2) is 4.26. The Kier molecular flexibility index (Phi) is 2.74. The quantitative estimate of drug-likeness (QED) is 0.769. The Bertz CT molecular complexity index is 497. The highest BCUT2D eigenvalue weighted by molar-refractivity contribution is 7.84. The average Bonchev–Trinajstić information content (AvgIpc) is 2.51. The zero-order valence-electron chi connectivity index (χ0n) is 11.3. The summed E-state index contributed by atoms with van der Waals surface area (Å²) >= 11 is 0. The fourth-order valence-corrected chi connectivity index (χ4v) is 3.48. The molecular weight excluding hydrogens is 234 g/mol. The summed E-state index contributed by atoms with van der Waals surface area (Å²) < 4.78 is 22.2. The van der Waals surface area contributed by atoms with Crippen LogP contribution in [0.3, 0.4) is 0 Å². The number of amides is 1. The van der Waals surface area contributed by atoms with E-state index in [2.05, 4.69) is 0 Å². The van der Waals surface area contributed by atoms with Gasteiger partial charge in [-0.05, 0) is 26.3 Å². The van der Waals surface area contributed by atoms with Crippen LogP contribution in [0.15, 0.2) is 30.3 Å². The van der Waals surface area contributed by atoms with Crippen molar-refractivity contribution in [3.05, 3.63) is 35.9 Å². The van der Waals surface area contributed by atoms with Crippen molar-refractivity contribution in [2.24, 2.45) is 0 Å². The summed E-state index contributed by atoms with van der Waals surface area (Å²) in [6.07, 6.45) is -0.0269. The molecule has 0 aromatic heterocycles. The molecular formula is C13H17NO2S. The summed E-state index contributed by atoms with van der Waals surface area (Å²) in [5.41, 5.74) is 0.0999. The van der Waals surface area contributed by atoms with Gasteiger partial charge in [0.05, 0.1) is 6.60 Å². The van der Waals surface area contributed by atoms with E-state index >= 15 is 0 Å². The minimum Gasteiger partial charge on any atom is -0.274 e. The summed E-state index contributed by atoms with van der Waals surface area (Å²) in [5.74, 6) is -0.223. The van der Waals surface area contributed by atoms with Crippen molar-refractivity contribution in [2.45, 2.75) is 38.0 Å². The van der Waals surface area contributed by atoms with Crippen molar-refractivity contribution in [3.8, 4) is 0 Å². The monoisotopic (exact) mass is 252 g/mol. The van der Waals surface area contributed by atoms with Gasteiger partial charge in [-0.25, -0.2) is 4.21 Å². The van der Waals surface area contributed by atoms with Crippen molar-refractivity contribution in [2.75, 3.05) is 0 Å². The maximum absolute atomic E-state index is 12.5. The van der Waals surface area contributed by atoms with Gasteiger partial charge in [-0.15, -0.1) is 0 Å². The Balaban J connectivity index is 2.45. The average molecular weight is 252 g/mol. The molecule has 1 aliphatic heterocycles. The van der Waals surface area contributed by atoms with Crippen LogP contribution in [0.1, 0.15) is 39.4 Å². The number of hydrogen-bond acceptors (Lipinski definition) is 2. The minimum atomic E-state index is -1.66. The highest BCUT2D eigenvalue weighted by Gasteiger charge is 2.43. The van der Waals surface area contributed by atoms with Crippen LogP contribution >= 0.6 is 0 Å². The van der Waals surface area contributed by atoms with Crippen molar-refractivity contribution < 1.29 is 10.4 Å². The number of benzene rings is 1. The fraction of sp³-hybridized carbons (Fsp3) is 0.462. The predicted octanol–water partition coefficient (Wildman–Crippen LogP) is 2.42. The van der Waals surface area contributed by atoms with E-state index in [1.54, 1.807) is 24.3 Å². The van der Waals surface area contributed by atoms with E-state index in [0.717, 1.165) is 0 Å². The van der Waals surface area contributed by atoms with Crippen LogP contribution in [0.5, 0.6) is 0 Å². The summed E-state index contributed by atoms with van der Waals surface area (Å²) in [6, 6.07) is 8.95. The number of hydrogen-bond donors (Lipinski definition) is 0. The standard InChI is InChI=1S/C13H17NO2S/c1-13(2,3)14-12(15)9-11(17(14)16)10-7-5-4-6-8-10/h4-8,11H,9H2,1-3H3/t11-,17?/m0/s1/i11D. The molecule has 1 aromatic carbocycles. The third-order valence-electron chi connectivity index (χ3n) is 2.62. The Morgan fingerprint density at radius 2 is 1.94 bits per heavy atom. The highest BCUT2D eigenvalue weighted by Crippen LogP contribution is 2.36. The number of nitrogens with zero attached hydrogens (tertiary/aromatic N) is 1. The van der Waals surface area contributed by atoms with Crippen LogP contribution in [0.2, 0.25) is 0 Å². The van der Waals surface area contributed by atoms with Gasteiger partial charge >= 0.3 is 0 Å². The lowest BCUT2D eigenvalue weighted by molar-refractivity contribution is -0.127. The van der Waals surface area contributed by atoms with Crippen molar-refractivity contribution in [3.63, 3.8) is 0 Å². The first kappa shape index (κ1) is 11.0. The molecule has 0 N–H and O–H groups in total. The molecule has 17 heavy (non-hydrogen) atoms. The first-order chi connectivity index (χ1) is 8.27. The Morgan fingerprint density at radius 1 is 1.35 bits per heavy atom. The van der Waals surface area contributed by atoms with Crippen molar-refractivity contribution in [1.29, 1.82) is 0 Å². The van der Waals surface area contributed by atoms with Crippen LogP contribution in [0.4, 0.5) is 0 Å². The summed E-state index contributed by atoms with van der Waals surface area (Å²) in [7, 11) is -1.66. The third-order valence-corrected chi connectivity index (χ3v) is 4.50. The Morgan fingerprint density at radius 3 is 2.41 bits per heavy atom. The van der Waals surface area contributed by atoms with Crippen LogP contribution < -0.4 is 0 Å². The van der Waals surface area contributed by atoms with Gasteiger partial charge in [0.15, 0.2) is 0 Å². The van der Waals surface area contributed by atoms with Crippen LogP contribution in [0, 0.1) is 0 Å². The normalized spacial score (nSPS) is 30.5. The Labute approximate surface area is 106 Å². The van der Waals surface area contributed by atoms with Gasteiger partial charge in [-0.1, -0.05) is 30.3 Å². The van der Waals surface area contributed by atoms with Crippen LogP contribution in [0.25, 0.3) is 0 Å². The second-order valence-corrected chi connectivity index (χ2v) is 6.43. The maximum Gasteiger partial charge on any atom is 0.236 e. The number of carbonyl (C=O) groups excluding carboxylic acids is 1. The van der Waals surface area contributed by atoms with E-state index in [1.807, 2.05) is 26.8 Å². The van der Waals surface area contributed by atoms with Gasteiger partial charge in [-0.2, -0.15) is 0 Å². The molecule has 0 radical (unpaired) electrons. The minimum absolute atomic E-state index is 0.0269. The molecule has 4 heteroatoms. The van der Waals surface area contributed by atoms with Gasteiger partial charge in [0.25, 0.3) is 0 Å². The molecule has 1 fully saturated rings. The third kappa shape index (κ3) is 2.27. The molecule has 1 heterocycles. The molecule has 92 valence electrons. The molecule has 0 saturated carbocycles. The van der Waals surface area contributed by atoms with Gasteiger partial charge in [0.2, 0.25) is 5.91 Å². The van der Waals surface area contributed by atoms with E-state index in [4.69, 9.17) is 1.37 Å². The van der Waals surface area contributed by atoms with E-state index in [-0.39, 0.29) is 12.3 Å². The topological polar surface area (TPSA) is 37.4 Å². The number of carbonyl (C=O) groups is 1. The first-order valence-electron chi connectivity index (χ1n) is 6.07. The smallest absolute Gasteiger partial charge is 0.236 e. The van der Waals surface area contributed by atoms with E-state index < -0.39 is 21.8 Å². The lowest BCUT2D eigenvalue weighted by Crippen LogP contribution is -2.42. The fourth-order valence-electron chi connectivity index (χ4n) is 1.92. The number of rotatable bonds is 1. The summed E-state index contributed by atoms with van der Waals surface area (Å²) in [6.45, 7) is 5.50. The highest BCUT2D eigenvalue weighted by atomic mass is 32.2. The first-order valence-corrected chi connectivity index (χ1v) is 6.68. The molecule has 1 aliphatic rings. The maximum atomic E-state index is 12.5. The predicted molar refractivity (Wildman–Crippen MR) is 68.5 cm³/mol. The second-order valence-electron chi connectivity index (χ2n) is 5.07. The van der Waals surface area contributed by atoms with Gasteiger partial charge < -0.3 is 0 Å². The molecule has 0 spiro atoms. The molecule has 0 bridgehead atoms. The molecule has 1 aromatic rings. The molecule has 1 unspecified atom stereocenters. The van der Waals surface area contributed by atoms with Crippen molar-refractivity contribution >= 4 is 16.9 Å². The van der Waals surface area contributed by atoms with Gasteiger partial charge in [-0.3, -0.25) is 9.10 Å². The van der Waals surface area contributed by atoms with Crippen LogP contribution in [-0.4, -0.2) is 20.0 Å². The summed E-state index contributed by atoms with van der Waals surface area (Å²) in [5, 5.41) is -1.36. The molecule has 2 rings (SSSR count). The molecule has 3 nitrogen and oxygen atoms in total. The zero-order chi connectivity index (χ0) is 13.6. The molecule has 1 amide bonds. The van der Waals surface area contributed by atoms with E-state index in [9.17, 15) is 9.00 Å². The SMILES string of the molecule is [2H][C@@]1(c2ccccc2)CC(=O)N(C(C)(C)C)S1=O. The van der Waals surface area contributed by atoms with E-state index in [0.29, 0.717) is 5.56 Å². The van der Waals surface area contributed by atoms with E-state index in [1.165, 1.54) is 4.31 Å². The molecule has 2 atom stereocenters.